The number of carbonyl (C=O) groups is 1. The van der Waals surface area contributed by atoms with Crippen molar-refractivity contribution >= 4 is 28.4 Å². The second-order valence-electron chi connectivity index (χ2n) is 12.6. The zero-order valence-electron chi connectivity index (χ0n) is 27.4. The van der Waals surface area contributed by atoms with Crippen molar-refractivity contribution in [3.63, 3.8) is 0 Å². The fourth-order valence-electron chi connectivity index (χ4n) is 6.41. The van der Waals surface area contributed by atoms with Gasteiger partial charge in [0, 0.05) is 56.4 Å². The van der Waals surface area contributed by atoms with Crippen molar-refractivity contribution in [2.24, 2.45) is 0 Å². The number of hydrogen-bond acceptors (Lipinski definition) is 9. The summed E-state index contributed by atoms with van der Waals surface area (Å²) < 4.78 is 29.7. The number of esters is 1. The molecule has 2 N–H and O–H groups in total. The van der Waals surface area contributed by atoms with Crippen LogP contribution in [-0.4, -0.2) is 64.8 Å². The average Bonchev–Trinajstić information content (AvgIpc) is 3.94. The molecule has 3 heterocycles. The highest BCUT2D eigenvalue weighted by molar-refractivity contribution is 5.94. The number of ether oxygens (including phenoxy) is 2. The zero-order chi connectivity index (χ0) is 33.6. The molecule has 1 aliphatic heterocycles. The molecule has 11 nitrogen and oxygen atoms in total. The SMILES string of the molecule is COc1nc(N)cc(=O)n1CCCCCCCN1CCN(c2cc3c(cc2F)c(=O)c(C(=O)OCc2ccccc2)cn3C2CC2)CC1. The van der Waals surface area contributed by atoms with Crippen LogP contribution in [0.2, 0.25) is 0 Å². The lowest BCUT2D eigenvalue weighted by atomic mass is 10.1. The molecule has 1 saturated heterocycles. The number of methoxy groups -OCH3 is 1. The Morgan fingerprint density at radius 3 is 2.38 bits per heavy atom. The van der Waals surface area contributed by atoms with E-state index in [9.17, 15) is 14.4 Å². The first-order valence-corrected chi connectivity index (χ1v) is 16.8. The van der Waals surface area contributed by atoms with Gasteiger partial charge in [-0.3, -0.25) is 19.1 Å². The van der Waals surface area contributed by atoms with Crippen LogP contribution in [0.1, 0.15) is 66.9 Å². The molecule has 48 heavy (non-hydrogen) atoms. The van der Waals surface area contributed by atoms with E-state index < -0.39 is 17.2 Å². The molecule has 1 saturated carbocycles. The molecule has 0 bridgehead atoms. The van der Waals surface area contributed by atoms with Crippen LogP contribution in [0.25, 0.3) is 10.9 Å². The van der Waals surface area contributed by atoms with Crippen molar-refractivity contribution in [2.75, 3.05) is 50.5 Å². The maximum absolute atomic E-state index is 15.6. The van der Waals surface area contributed by atoms with Gasteiger partial charge < -0.3 is 24.7 Å². The van der Waals surface area contributed by atoms with Crippen LogP contribution < -0.4 is 26.4 Å². The van der Waals surface area contributed by atoms with Gasteiger partial charge >= 0.3 is 12.0 Å². The molecule has 0 atom stereocenters. The van der Waals surface area contributed by atoms with Gasteiger partial charge in [0.2, 0.25) is 5.43 Å². The molecule has 254 valence electrons. The Hall–Kier alpha value is -4.71. The number of halogens is 1. The summed E-state index contributed by atoms with van der Waals surface area (Å²) in [5.74, 6) is -1.00. The Morgan fingerprint density at radius 1 is 0.958 bits per heavy atom. The number of hydrogen-bond donors (Lipinski definition) is 1. The molecular formula is C36H43FN6O5. The van der Waals surface area contributed by atoms with Crippen LogP contribution in [0, 0.1) is 5.82 Å². The maximum Gasteiger partial charge on any atom is 0.343 e. The number of fused-ring (bicyclic) bond motifs is 1. The lowest BCUT2D eigenvalue weighted by molar-refractivity contribution is 0.0470. The topological polar surface area (TPSA) is 125 Å². The monoisotopic (exact) mass is 658 g/mol. The van der Waals surface area contributed by atoms with Gasteiger partial charge in [0.15, 0.2) is 0 Å². The quantitative estimate of drug-likeness (QED) is 0.151. The lowest BCUT2D eigenvalue weighted by Crippen LogP contribution is -2.47. The van der Waals surface area contributed by atoms with E-state index in [-0.39, 0.29) is 41.0 Å². The van der Waals surface area contributed by atoms with Crippen LogP contribution in [0.5, 0.6) is 6.01 Å². The summed E-state index contributed by atoms with van der Waals surface area (Å²) in [6, 6.07) is 14.1. The second-order valence-corrected chi connectivity index (χ2v) is 12.6. The van der Waals surface area contributed by atoms with E-state index in [0.717, 1.165) is 70.1 Å². The number of piperazine rings is 1. The molecule has 2 aromatic carbocycles. The van der Waals surface area contributed by atoms with Crippen molar-refractivity contribution < 1.29 is 18.7 Å². The number of anilines is 2. The summed E-state index contributed by atoms with van der Waals surface area (Å²) >= 11 is 0. The second kappa shape index (κ2) is 15.0. The van der Waals surface area contributed by atoms with Crippen LogP contribution in [0.4, 0.5) is 15.9 Å². The third kappa shape index (κ3) is 7.70. The van der Waals surface area contributed by atoms with Crippen LogP contribution in [-0.2, 0) is 17.9 Å². The van der Waals surface area contributed by atoms with E-state index >= 15 is 4.39 Å². The number of benzene rings is 2. The van der Waals surface area contributed by atoms with E-state index in [1.807, 2.05) is 34.9 Å². The van der Waals surface area contributed by atoms with Gasteiger partial charge in [-0.1, -0.05) is 49.6 Å². The third-order valence-corrected chi connectivity index (χ3v) is 9.22. The Balaban J connectivity index is 1.01. The third-order valence-electron chi connectivity index (χ3n) is 9.22. The zero-order valence-corrected chi connectivity index (χ0v) is 27.4. The molecule has 6 rings (SSSR count). The van der Waals surface area contributed by atoms with E-state index in [1.54, 1.807) is 12.3 Å². The Morgan fingerprint density at radius 2 is 1.67 bits per heavy atom. The number of nitrogen functional groups attached to an aromatic ring is 1. The standard InChI is InChI=1S/C36H43FN6O5/c1-47-36-39-32(38)22-33(44)42(36)15-9-4-2-3-8-14-40-16-18-41(19-17-40)31-21-30-27(20-29(31)37)34(45)28(23-43(30)26-12-13-26)35(46)48-24-25-10-6-5-7-11-25/h5-7,10-11,20-23,26H,2-4,8-9,12-19,24,38H2,1H3. The fraction of sp³-hybridized carbons (Fsp3) is 0.444. The first kappa shape index (κ1) is 33.2. The number of nitrogens with two attached hydrogens (primary N) is 1. The minimum Gasteiger partial charge on any atom is -0.468 e. The minimum absolute atomic E-state index is 0.0583. The van der Waals surface area contributed by atoms with Crippen LogP contribution in [0.3, 0.4) is 0 Å². The Labute approximate surface area is 278 Å². The number of pyridine rings is 1. The molecule has 1 aliphatic carbocycles. The summed E-state index contributed by atoms with van der Waals surface area (Å²) in [5, 5.41) is 0.201. The molecule has 0 amide bonds. The van der Waals surface area contributed by atoms with Gasteiger partial charge in [0.05, 0.1) is 18.3 Å². The highest BCUT2D eigenvalue weighted by Gasteiger charge is 2.29. The molecule has 12 heteroatoms. The number of nitrogens with zero attached hydrogens (tertiary/aromatic N) is 5. The molecular weight excluding hydrogens is 615 g/mol. The predicted molar refractivity (Wildman–Crippen MR) is 183 cm³/mol. The summed E-state index contributed by atoms with van der Waals surface area (Å²) in [5.41, 5.74) is 6.83. The van der Waals surface area contributed by atoms with Crippen LogP contribution >= 0.6 is 0 Å². The lowest BCUT2D eigenvalue weighted by Gasteiger charge is -2.36. The maximum atomic E-state index is 15.6. The van der Waals surface area contributed by atoms with Gasteiger partial charge in [-0.2, -0.15) is 4.98 Å². The summed E-state index contributed by atoms with van der Waals surface area (Å²) in [6.07, 6.45) is 8.56. The van der Waals surface area contributed by atoms with Gasteiger partial charge in [-0.25, -0.2) is 9.18 Å². The highest BCUT2D eigenvalue weighted by Crippen LogP contribution is 2.38. The van der Waals surface area contributed by atoms with Gasteiger partial charge in [-0.15, -0.1) is 0 Å². The molecule has 0 radical (unpaired) electrons. The van der Waals surface area contributed by atoms with Crippen molar-refractivity contribution in [3.8, 4) is 6.01 Å². The summed E-state index contributed by atoms with van der Waals surface area (Å²) in [7, 11) is 1.48. The number of unbranched alkanes of at least 4 members (excludes halogenated alkanes) is 4. The van der Waals surface area contributed by atoms with Crippen molar-refractivity contribution in [1.29, 1.82) is 0 Å². The highest BCUT2D eigenvalue weighted by atomic mass is 19.1. The van der Waals surface area contributed by atoms with Gasteiger partial charge in [0.25, 0.3) is 5.56 Å². The largest absolute Gasteiger partial charge is 0.468 e. The first-order valence-electron chi connectivity index (χ1n) is 16.8. The Bertz CT molecular complexity index is 1870. The average molecular weight is 659 g/mol. The number of rotatable bonds is 14. The van der Waals surface area contributed by atoms with E-state index in [4.69, 9.17) is 15.2 Å². The van der Waals surface area contributed by atoms with E-state index in [0.29, 0.717) is 30.8 Å². The minimum atomic E-state index is -0.700. The van der Waals surface area contributed by atoms with E-state index in [2.05, 4.69) is 14.8 Å². The Kier molecular flexibility index (Phi) is 10.4. The van der Waals surface area contributed by atoms with Crippen LogP contribution in [0.15, 0.2) is 64.3 Å². The van der Waals surface area contributed by atoms with Gasteiger partial charge in [-0.05, 0) is 49.9 Å². The molecule has 0 unspecified atom stereocenters. The molecule has 2 aromatic heterocycles. The van der Waals surface area contributed by atoms with E-state index in [1.165, 1.54) is 23.8 Å². The summed E-state index contributed by atoms with van der Waals surface area (Å²) in [6.45, 7) is 4.61. The number of aromatic nitrogens is 3. The smallest absolute Gasteiger partial charge is 0.343 e. The van der Waals surface area contributed by atoms with Crippen molar-refractivity contribution in [1.82, 2.24) is 19.0 Å². The first-order chi connectivity index (χ1) is 23.3. The fourth-order valence-corrected chi connectivity index (χ4v) is 6.41. The van der Waals surface area contributed by atoms with Crippen molar-refractivity contribution in [3.05, 3.63) is 92.2 Å². The molecule has 4 aromatic rings. The summed E-state index contributed by atoms with van der Waals surface area (Å²) in [4.78, 5) is 47.2. The molecule has 0 spiro atoms. The van der Waals surface area contributed by atoms with Crippen molar-refractivity contribution in [2.45, 2.75) is 64.1 Å². The van der Waals surface area contributed by atoms with Gasteiger partial charge in [0.1, 0.15) is 23.8 Å². The normalized spacial score (nSPS) is 15.2. The molecule has 2 fully saturated rings. The predicted octanol–water partition coefficient (Wildman–Crippen LogP) is 4.75. The molecule has 2 aliphatic rings. The number of carbonyl (C=O) groups excluding carboxylic acids is 1.